The van der Waals surface area contributed by atoms with Gasteiger partial charge in [0.15, 0.2) is 5.54 Å². The number of carboxylic acids is 1. The maximum atomic E-state index is 12.9. The van der Waals surface area contributed by atoms with Crippen LogP contribution in [0.5, 0.6) is 0 Å². The second kappa shape index (κ2) is 7.38. The van der Waals surface area contributed by atoms with Crippen LogP contribution >= 0.6 is 0 Å². The second-order valence-corrected chi connectivity index (χ2v) is 7.37. The van der Waals surface area contributed by atoms with Gasteiger partial charge in [-0.15, -0.1) is 0 Å². The Hall–Kier alpha value is -3.10. The molecule has 3 heterocycles. The minimum absolute atomic E-state index is 0.196. The van der Waals surface area contributed by atoms with E-state index >= 15 is 0 Å². The fourth-order valence-corrected chi connectivity index (χ4v) is 4.26. The van der Waals surface area contributed by atoms with Crippen LogP contribution in [0.1, 0.15) is 17.3 Å². The number of fused-ring (bicyclic) bond motifs is 1. The number of amides is 2. The van der Waals surface area contributed by atoms with Crippen molar-refractivity contribution in [3.63, 3.8) is 0 Å². The minimum atomic E-state index is -1.72. The molecule has 2 fully saturated rings. The summed E-state index contributed by atoms with van der Waals surface area (Å²) < 4.78 is 5.73. The van der Waals surface area contributed by atoms with Gasteiger partial charge in [0.2, 0.25) is 11.8 Å². The number of imide groups is 1. The van der Waals surface area contributed by atoms with Crippen LogP contribution in [-0.2, 0) is 25.7 Å². The Morgan fingerprint density at radius 3 is 2.55 bits per heavy atom. The number of nitrogens with zero attached hydrogens (tertiary/aromatic N) is 2. The average molecular weight is 395 g/mol. The molecule has 2 amide bonds. The van der Waals surface area contributed by atoms with Crippen molar-refractivity contribution in [2.45, 2.75) is 18.2 Å². The number of benzene rings is 1. The lowest BCUT2D eigenvalue weighted by atomic mass is 9.80. The van der Waals surface area contributed by atoms with Gasteiger partial charge < -0.3 is 9.84 Å². The second-order valence-electron chi connectivity index (χ2n) is 7.37. The van der Waals surface area contributed by atoms with E-state index in [9.17, 15) is 19.5 Å². The quantitative estimate of drug-likeness (QED) is 0.702. The Morgan fingerprint density at radius 2 is 1.90 bits per heavy atom. The third-order valence-corrected chi connectivity index (χ3v) is 5.70. The van der Waals surface area contributed by atoms with Crippen LogP contribution in [0.2, 0.25) is 0 Å². The lowest BCUT2D eigenvalue weighted by Gasteiger charge is -2.30. The zero-order valence-electron chi connectivity index (χ0n) is 15.8. The Bertz CT molecular complexity index is 936. The number of hydrogen-bond donors (Lipinski definition) is 2. The van der Waals surface area contributed by atoms with Crippen molar-refractivity contribution in [2.24, 2.45) is 11.8 Å². The molecule has 2 aliphatic heterocycles. The van der Waals surface area contributed by atoms with Gasteiger partial charge in [-0.2, -0.15) is 0 Å². The molecule has 0 saturated carbocycles. The molecule has 2 N–H and O–H groups in total. The maximum absolute atomic E-state index is 12.9. The Balaban J connectivity index is 1.67. The number of aromatic nitrogens is 1. The first-order chi connectivity index (χ1) is 14.0. The predicted molar refractivity (Wildman–Crippen MR) is 101 cm³/mol. The predicted octanol–water partition coefficient (Wildman–Crippen LogP) is 0.997. The molecule has 8 heteroatoms. The van der Waals surface area contributed by atoms with Crippen LogP contribution in [0.3, 0.4) is 0 Å². The zero-order chi connectivity index (χ0) is 20.6. The van der Waals surface area contributed by atoms with Crippen LogP contribution < -0.4 is 5.32 Å². The molecule has 29 heavy (non-hydrogen) atoms. The molecule has 150 valence electrons. The molecule has 4 rings (SSSR count). The molecule has 2 aromatic rings. The molecular weight excluding hydrogens is 374 g/mol. The summed E-state index contributed by atoms with van der Waals surface area (Å²) in [6.45, 7) is -0.0598. The first-order valence-electron chi connectivity index (χ1n) is 9.31. The minimum Gasteiger partial charge on any atom is -0.480 e. The van der Waals surface area contributed by atoms with E-state index in [4.69, 9.17) is 4.74 Å². The molecule has 2 saturated heterocycles. The largest absolute Gasteiger partial charge is 0.480 e. The Kier molecular flexibility index (Phi) is 4.89. The number of ether oxygens (including phenoxy) is 1. The molecule has 0 spiro atoms. The van der Waals surface area contributed by atoms with Gasteiger partial charge in [0.1, 0.15) is 0 Å². The standard InChI is InChI=1S/C21H21N3O5/c1-24-18(25)15-16(19(24)26)21(20(27)28,12-29-11-13-7-3-2-4-8-13)23-17(15)14-9-5-6-10-22-14/h2-10,15-17,23H,11-12H2,1H3,(H,27,28). The van der Waals surface area contributed by atoms with Crippen molar-refractivity contribution in [3.8, 4) is 0 Å². The van der Waals surface area contributed by atoms with E-state index in [1.165, 1.54) is 7.05 Å². The molecule has 4 atom stereocenters. The first-order valence-corrected chi connectivity index (χ1v) is 9.31. The number of carbonyl (C=O) groups is 3. The van der Waals surface area contributed by atoms with Crippen molar-refractivity contribution in [2.75, 3.05) is 13.7 Å². The van der Waals surface area contributed by atoms with Gasteiger partial charge in [0.25, 0.3) is 0 Å². The highest BCUT2D eigenvalue weighted by Gasteiger charge is 2.68. The smallest absolute Gasteiger partial charge is 0.327 e. The highest BCUT2D eigenvalue weighted by Crippen LogP contribution is 2.48. The number of carbonyl (C=O) groups excluding carboxylic acids is 2. The van der Waals surface area contributed by atoms with Crippen molar-refractivity contribution in [3.05, 3.63) is 66.0 Å². The van der Waals surface area contributed by atoms with E-state index in [2.05, 4.69) is 10.3 Å². The van der Waals surface area contributed by atoms with Crippen LogP contribution in [0, 0.1) is 11.8 Å². The van der Waals surface area contributed by atoms with Gasteiger partial charge in [-0.1, -0.05) is 36.4 Å². The van der Waals surface area contributed by atoms with E-state index in [1.54, 1.807) is 24.4 Å². The van der Waals surface area contributed by atoms with Gasteiger partial charge in [-0.05, 0) is 17.7 Å². The van der Waals surface area contributed by atoms with Crippen LogP contribution in [0.25, 0.3) is 0 Å². The SMILES string of the molecule is CN1C(=O)C2C(c3ccccn3)NC(COCc3ccccc3)(C(=O)O)C2C1=O. The van der Waals surface area contributed by atoms with Crippen LogP contribution in [-0.4, -0.2) is 52.0 Å². The molecular formula is C21H21N3O5. The van der Waals surface area contributed by atoms with Gasteiger partial charge in [0.05, 0.1) is 36.8 Å². The lowest BCUT2D eigenvalue weighted by Crippen LogP contribution is -2.58. The Labute approximate surface area is 167 Å². The third-order valence-electron chi connectivity index (χ3n) is 5.70. The number of likely N-dealkylation sites (tertiary alicyclic amines) is 1. The van der Waals surface area contributed by atoms with Crippen molar-refractivity contribution in [1.29, 1.82) is 0 Å². The van der Waals surface area contributed by atoms with Gasteiger partial charge in [0, 0.05) is 13.2 Å². The summed E-state index contributed by atoms with van der Waals surface area (Å²) in [4.78, 5) is 43.3. The van der Waals surface area contributed by atoms with Gasteiger partial charge >= 0.3 is 5.97 Å². The van der Waals surface area contributed by atoms with E-state index < -0.39 is 41.2 Å². The summed E-state index contributed by atoms with van der Waals surface area (Å²) >= 11 is 0. The molecule has 0 radical (unpaired) electrons. The third kappa shape index (κ3) is 3.10. The van der Waals surface area contributed by atoms with E-state index in [1.807, 2.05) is 30.3 Å². The number of rotatable bonds is 6. The molecule has 2 aliphatic rings. The average Bonchev–Trinajstić information content (AvgIpc) is 3.20. The van der Waals surface area contributed by atoms with Gasteiger partial charge in [-0.3, -0.25) is 29.6 Å². The Morgan fingerprint density at radius 1 is 1.17 bits per heavy atom. The topological polar surface area (TPSA) is 109 Å². The van der Waals surface area contributed by atoms with Crippen molar-refractivity contribution < 1.29 is 24.2 Å². The van der Waals surface area contributed by atoms with Gasteiger partial charge in [-0.25, -0.2) is 0 Å². The molecule has 4 unspecified atom stereocenters. The number of aliphatic carboxylic acids is 1. The molecule has 0 bridgehead atoms. The highest BCUT2D eigenvalue weighted by atomic mass is 16.5. The summed E-state index contributed by atoms with van der Waals surface area (Å²) in [6.07, 6.45) is 1.57. The lowest BCUT2D eigenvalue weighted by molar-refractivity contribution is -0.154. The monoisotopic (exact) mass is 395 g/mol. The number of pyridine rings is 1. The van der Waals surface area contributed by atoms with Crippen LogP contribution in [0.15, 0.2) is 54.7 Å². The summed E-state index contributed by atoms with van der Waals surface area (Å²) in [5.74, 6) is -4.07. The van der Waals surface area contributed by atoms with Crippen molar-refractivity contribution >= 4 is 17.8 Å². The molecule has 1 aromatic carbocycles. The van der Waals surface area contributed by atoms with Crippen molar-refractivity contribution in [1.82, 2.24) is 15.2 Å². The number of nitrogens with one attached hydrogen (secondary N) is 1. The summed E-state index contributed by atoms with van der Waals surface area (Å²) in [5.41, 5.74) is -0.320. The summed E-state index contributed by atoms with van der Waals surface area (Å²) in [7, 11) is 1.38. The number of carboxylic acid groups (broad SMARTS) is 1. The zero-order valence-corrected chi connectivity index (χ0v) is 15.8. The van der Waals surface area contributed by atoms with Crippen LogP contribution in [0.4, 0.5) is 0 Å². The molecule has 0 aliphatic carbocycles. The highest BCUT2D eigenvalue weighted by molar-refractivity contribution is 6.09. The summed E-state index contributed by atoms with van der Waals surface area (Å²) in [6, 6.07) is 13.9. The first kappa shape index (κ1) is 19.2. The van der Waals surface area contributed by atoms with E-state index in [0.29, 0.717) is 5.69 Å². The van der Waals surface area contributed by atoms with E-state index in [0.717, 1.165) is 10.5 Å². The fourth-order valence-electron chi connectivity index (χ4n) is 4.26. The molecule has 1 aromatic heterocycles. The molecule has 8 nitrogen and oxygen atoms in total. The maximum Gasteiger partial charge on any atom is 0.327 e. The fraction of sp³-hybridized carbons (Fsp3) is 0.333. The number of hydrogen-bond acceptors (Lipinski definition) is 6. The van der Waals surface area contributed by atoms with E-state index in [-0.39, 0.29) is 13.2 Å². The normalized spacial score (nSPS) is 28.6. The summed E-state index contributed by atoms with van der Waals surface area (Å²) in [5, 5.41) is 13.2.